The number of rotatable bonds is 3. The molecule has 2 rings (SSSR count). The van der Waals surface area contributed by atoms with Crippen LogP contribution >= 0.6 is 15.9 Å². The van der Waals surface area contributed by atoms with Gasteiger partial charge in [-0.25, -0.2) is 4.39 Å². The molecule has 0 aliphatic heterocycles. The Bertz CT molecular complexity index is 566. The predicted octanol–water partition coefficient (Wildman–Crippen LogP) is 3.48. The fourth-order valence-corrected chi connectivity index (χ4v) is 2.97. The minimum atomic E-state index is -1.30. The quantitative estimate of drug-likeness (QED) is 0.877. The average Bonchev–Trinajstić information content (AvgIpc) is 2.34. The molecule has 18 heavy (non-hydrogen) atoms. The van der Waals surface area contributed by atoms with Crippen molar-refractivity contribution in [2.24, 2.45) is 0 Å². The standard InChI is InChI=1S/C13H11BrFNOS/c14-9-4-6-10(7-5-9)18(17)8-11-12(15)2-1-3-13(11)16/h1-7H,8,16H2. The highest BCUT2D eigenvalue weighted by Gasteiger charge is 2.11. The Kier molecular flexibility index (Phi) is 4.14. The number of benzene rings is 2. The summed E-state index contributed by atoms with van der Waals surface area (Å²) in [7, 11) is -1.30. The van der Waals surface area contributed by atoms with Crippen LogP contribution in [0.3, 0.4) is 0 Å². The average molecular weight is 328 g/mol. The van der Waals surface area contributed by atoms with Crippen molar-refractivity contribution in [3.8, 4) is 0 Å². The molecule has 0 spiro atoms. The van der Waals surface area contributed by atoms with Crippen molar-refractivity contribution in [3.05, 3.63) is 58.3 Å². The number of hydrogen-bond acceptors (Lipinski definition) is 2. The van der Waals surface area contributed by atoms with Gasteiger partial charge in [0.05, 0.1) is 16.6 Å². The first kappa shape index (κ1) is 13.2. The summed E-state index contributed by atoms with van der Waals surface area (Å²) < 4.78 is 26.6. The molecular weight excluding hydrogens is 317 g/mol. The zero-order valence-electron chi connectivity index (χ0n) is 9.40. The third-order valence-electron chi connectivity index (χ3n) is 2.51. The zero-order chi connectivity index (χ0) is 13.1. The molecule has 0 amide bonds. The number of halogens is 2. The summed E-state index contributed by atoms with van der Waals surface area (Å²) in [6, 6.07) is 11.6. The van der Waals surface area contributed by atoms with Gasteiger partial charge in [0.1, 0.15) is 5.82 Å². The molecule has 5 heteroatoms. The Balaban J connectivity index is 2.24. The summed E-state index contributed by atoms with van der Waals surface area (Å²) in [6.07, 6.45) is 0. The van der Waals surface area contributed by atoms with Crippen molar-refractivity contribution >= 4 is 32.4 Å². The van der Waals surface area contributed by atoms with Crippen molar-refractivity contribution in [3.63, 3.8) is 0 Å². The summed E-state index contributed by atoms with van der Waals surface area (Å²) in [5.74, 6) is -0.333. The molecule has 0 fully saturated rings. The third-order valence-corrected chi connectivity index (χ3v) is 4.38. The Morgan fingerprint density at radius 2 is 1.83 bits per heavy atom. The second kappa shape index (κ2) is 5.63. The van der Waals surface area contributed by atoms with Crippen LogP contribution in [0, 0.1) is 5.82 Å². The molecule has 2 nitrogen and oxygen atoms in total. The van der Waals surface area contributed by atoms with Gasteiger partial charge < -0.3 is 5.73 Å². The first-order valence-electron chi connectivity index (χ1n) is 5.25. The van der Waals surface area contributed by atoms with Crippen molar-refractivity contribution in [1.29, 1.82) is 0 Å². The maximum Gasteiger partial charge on any atom is 0.129 e. The summed E-state index contributed by atoms with van der Waals surface area (Å²) in [6.45, 7) is 0. The lowest BCUT2D eigenvalue weighted by Crippen LogP contribution is -2.03. The summed E-state index contributed by atoms with van der Waals surface area (Å²) in [5.41, 5.74) is 6.33. The summed E-state index contributed by atoms with van der Waals surface area (Å²) in [4.78, 5) is 0.654. The first-order chi connectivity index (χ1) is 8.58. The van der Waals surface area contributed by atoms with E-state index in [4.69, 9.17) is 5.73 Å². The molecule has 0 aliphatic carbocycles. The van der Waals surface area contributed by atoms with E-state index in [2.05, 4.69) is 15.9 Å². The Labute approximate surface area is 116 Å². The third kappa shape index (κ3) is 2.97. The maximum atomic E-state index is 13.6. The predicted molar refractivity (Wildman–Crippen MR) is 75.1 cm³/mol. The molecule has 0 saturated heterocycles. The van der Waals surface area contributed by atoms with Gasteiger partial charge in [0.15, 0.2) is 0 Å². The van der Waals surface area contributed by atoms with Gasteiger partial charge in [-0.3, -0.25) is 4.21 Å². The molecule has 2 N–H and O–H groups in total. The van der Waals surface area contributed by atoms with Crippen molar-refractivity contribution in [1.82, 2.24) is 0 Å². The van der Waals surface area contributed by atoms with Crippen LogP contribution in [0.25, 0.3) is 0 Å². The van der Waals surface area contributed by atoms with Gasteiger partial charge in [-0.1, -0.05) is 22.0 Å². The van der Waals surface area contributed by atoms with E-state index in [-0.39, 0.29) is 5.75 Å². The van der Waals surface area contributed by atoms with E-state index in [1.165, 1.54) is 12.1 Å². The molecule has 0 heterocycles. The van der Waals surface area contributed by atoms with Crippen molar-refractivity contribution in [2.75, 3.05) is 5.73 Å². The fraction of sp³-hybridized carbons (Fsp3) is 0.0769. The summed E-state index contributed by atoms with van der Waals surface area (Å²) in [5, 5.41) is 0. The lowest BCUT2D eigenvalue weighted by atomic mass is 10.2. The van der Waals surface area contributed by atoms with Crippen LogP contribution in [0.4, 0.5) is 10.1 Å². The first-order valence-corrected chi connectivity index (χ1v) is 7.36. The highest BCUT2D eigenvalue weighted by molar-refractivity contribution is 9.10. The fourth-order valence-electron chi connectivity index (χ4n) is 1.53. The minimum Gasteiger partial charge on any atom is -0.398 e. The lowest BCUT2D eigenvalue weighted by molar-refractivity contribution is 0.616. The van der Waals surface area contributed by atoms with Gasteiger partial charge in [0.2, 0.25) is 0 Å². The van der Waals surface area contributed by atoms with E-state index in [1.54, 1.807) is 30.3 Å². The molecule has 0 radical (unpaired) electrons. The normalized spacial score (nSPS) is 12.3. The molecule has 0 saturated carbocycles. The van der Waals surface area contributed by atoms with E-state index in [0.29, 0.717) is 16.1 Å². The van der Waals surface area contributed by atoms with Crippen LogP contribution in [0.1, 0.15) is 5.56 Å². The zero-order valence-corrected chi connectivity index (χ0v) is 11.8. The maximum absolute atomic E-state index is 13.6. The van der Waals surface area contributed by atoms with Crippen LogP contribution < -0.4 is 5.73 Å². The van der Waals surface area contributed by atoms with Crippen molar-refractivity contribution in [2.45, 2.75) is 10.6 Å². The van der Waals surface area contributed by atoms with Gasteiger partial charge >= 0.3 is 0 Å². The summed E-state index contributed by atoms with van der Waals surface area (Å²) >= 11 is 3.31. The highest BCUT2D eigenvalue weighted by Crippen LogP contribution is 2.21. The van der Waals surface area contributed by atoms with E-state index in [0.717, 1.165) is 4.47 Å². The van der Waals surface area contributed by atoms with E-state index in [1.807, 2.05) is 0 Å². The molecule has 2 aromatic rings. The second-order valence-corrected chi connectivity index (χ2v) is 6.12. The molecule has 0 aliphatic rings. The smallest absolute Gasteiger partial charge is 0.129 e. The van der Waals surface area contributed by atoms with E-state index >= 15 is 0 Å². The molecule has 94 valence electrons. The number of anilines is 1. The molecule has 0 bridgehead atoms. The number of hydrogen-bond donors (Lipinski definition) is 1. The van der Waals surface area contributed by atoms with E-state index in [9.17, 15) is 8.60 Å². The van der Waals surface area contributed by atoms with Gasteiger partial charge in [-0.05, 0) is 36.4 Å². The van der Waals surface area contributed by atoms with E-state index < -0.39 is 16.6 Å². The molecule has 2 aromatic carbocycles. The Morgan fingerprint density at radius 1 is 1.17 bits per heavy atom. The second-order valence-electron chi connectivity index (χ2n) is 3.75. The minimum absolute atomic E-state index is 0.0835. The van der Waals surface area contributed by atoms with Crippen LogP contribution in [0.2, 0.25) is 0 Å². The van der Waals surface area contributed by atoms with Gasteiger partial charge in [-0.2, -0.15) is 0 Å². The lowest BCUT2D eigenvalue weighted by Gasteiger charge is -2.07. The van der Waals surface area contributed by atoms with Crippen molar-refractivity contribution < 1.29 is 8.60 Å². The molecule has 1 unspecified atom stereocenters. The monoisotopic (exact) mass is 327 g/mol. The van der Waals surface area contributed by atoms with Crippen LogP contribution in [-0.4, -0.2) is 4.21 Å². The van der Waals surface area contributed by atoms with Gasteiger partial charge in [0.25, 0.3) is 0 Å². The van der Waals surface area contributed by atoms with Gasteiger partial charge in [-0.15, -0.1) is 0 Å². The van der Waals surface area contributed by atoms with Gasteiger partial charge in [0, 0.05) is 20.6 Å². The topological polar surface area (TPSA) is 43.1 Å². The highest BCUT2D eigenvalue weighted by atomic mass is 79.9. The van der Waals surface area contributed by atoms with Crippen LogP contribution in [0.5, 0.6) is 0 Å². The Morgan fingerprint density at radius 3 is 2.44 bits per heavy atom. The molecule has 1 atom stereocenters. The molecular formula is C13H11BrFNOS. The molecule has 0 aromatic heterocycles. The number of nitrogens with two attached hydrogens (primary N) is 1. The SMILES string of the molecule is Nc1cccc(F)c1CS(=O)c1ccc(Br)cc1. The van der Waals surface area contributed by atoms with Crippen LogP contribution in [0.15, 0.2) is 51.8 Å². The largest absolute Gasteiger partial charge is 0.398 e. The van der Waals surface area contributed by atoms with Crippen LogP contribution in [-0.2, 0) is 16.6 Å². The Hall–Kier alpha value is -1.20. The number of nitrogen functional groups attached to an aromatic ring is 1.